The van der Waals surface area contributed by atoms with Gasteiger partial charge >= 0.3 is 5.95 Å². The summed E-state index contributed by atoms with van der Waals surface area (Å²) in [7, 11) is 0. The Hall–Kier alpha value is -3.82. The number of nitro groups is 1. The van der Waals surface area contributed by atoms with E-state index in [-0.39, 0.29) is 24.8 Å². The van der Waals surface area contributed by atoms with Gasteiger partial charge < -0.3 is 20.2 Å². The zero-order valence-electron chi connectivity index (χ0n) is 14.8. The first-order valence-electron chi connectivity index (χ1n) is 8.24. The van der Waals surface area contributed by atoms with E-state index in [1.54, 1.807) is 12.1 Å². The zero-order valence-corrected chi connectivity index (χ0v) is 14.8. The first-order chi connectivity index (χ1) is 13.4. The van der Waals surface area contributed by atoms with Crippen molar-refractivity contribution in [2.45, 2.75) is 20.0 Å². The lowest BCUT2D eigenvalue weighted by molar-refractivity contribution is -0.394. The fourth-order valence-electron chi connectivity index (χ4n) is 2.41. The van der Waals surface area contributed by atoms with Crippen LogP contribution < -0.4 is 10.1 Å². The number of ether oxygens (including phenoxy) is 1. The number of halogens is 1. The zero-order chi connectivity index (χ0) is 20.1. The van der Waals surface area contributed by atoms with Gasteiger partial charge in [0.1, 0.15) is 23.9 Å². The molecular formula is C18H16FN5O4. The highest BCUT2D eigenvalue weighted by Gasteiger charge is 2.15. The molecule has 1 N–H and O–H groups in total. The smallest absolute Gasteiger partial charge is 0.457 e. The third kappa shape index (κ3) is 4.87. The molecule has 1 amide bonds. The number of hydrogen-bond acceptors (Lipinski definition) is 6. The summed E-state index contributed by atoms with van der Waals surface area (Å²) in [6.07, 6.45) is 1.13. The van der Waals surface area contributed by atoms with Gasteiger partial charge in [0.2, 0.25) is 12.2 Å². The number of carbonyl (C=O) groups is 1. The summed E-state index contributed by atoms with van der Waals surface area (Å²) >= 11 is 0. The van der Waals surface area contributed by atoms with E-state index in [1.807, 2.05) is 13.0 Å². The van der Waals surface area contributed by atoms with E-state index in [2.05, 4.69) is 15.4 Å². The van der Waals surface area contributed by atoms with Crippen molar-refractivity contribution < 1.29 is 18.8 Å². The van der Waals surface area contributed by atoms with Crippen LogP contribution in [-0.4, -0.2) is 25.6 Å². The summed E-state index contributed by atoms with van der Waals surface area (Å²) in [5, 5.41) is 16.8. The molecule has 3 rings (SSSR count). The Kier molecular flexibility index (Phi) is 5.58. The van der Waals surface area contributed by atoms with E-state index in [9.17, 15) is 19.3 Å². The van der Waals surface area contributed by atoms with E-state index in [1.165, 1.54) is 24.3 Å². The molecule has 0 saturated heterocycles. The van der Waals surface area contributed by atoms with Gasteiger partial charge in [-0.3, -0.25) is 4.79 Å². The van der Waals surface area contributed by atoms with Gasteiger partial charge in [-0.2, -0.15) is 4.68 Å². The molecule has 3 aromatic rings. The Balaban J connectivity index is 1.55. The van der Waals surface area contributed by atoms with E-state index in [0.717, 1.165) is 22.1 Å². The van der Waals surface area contributed by atoms with Crippen molar-refractivity contribution in [3.63, 3.8) is 0 Å². The maximum absolute atomic E-state index is 13.0. The van der Waals surface area contributed by atoms with Gasteiger partial charge in [0.15, 0.2) is 0 Å². The van der Waals surface area contributed by atoms with Crippen molar-refractivity contribution in [3.8, 4) is 11.5 Å². The van der Waals surface area contributed by atoms with Crippen LogP contribution in [0.3, 0.4) is 0 Å². The molecule has 10 heteroatoms. The van der Waals surface area contributed by atoms with Crippen LogP contribution in [0.2, 0.25) is 0 Å². The Morgan fingerprint density at radius 2 is 2.04 bits per heavy atom. The number of aryl methyl sites for hydroxylation is 1. The Labute approximate surface area is 158 Å². The maximum Gasteiger partial charge on any atom is 0.490 e. The fourth-order valence-corrected chi connectivity index (χ4v) is 2.41. The van der Waals surface area contributed by atoms with Crippen molar-refractivity contribution in [1.29, 1.82) is 0 Å². The fraction of sp³-hybridized carbons (Fsp3) is 0.167. The van der Waals surface area contributed by atoms with Crippen molar-refractivity contribution in [2.24, 2.45) is 0 Å². The molecule has 0 unspecified atom stereocenters. The van der Waals surface area contributed by atoms with Gasteiger partial charge in [-0.05, 0) is 53.3 Å². The minimum absolute atomic E-state index is 0.175. The quantitative estimate of drug-likeness (QED) is 0.494. The van der Waals surface area contributed by atoms with E-state index in [4.69, 9.17) is 4.74 Å². The van der Waals surface area contributed by atoms with Crippen LogP contribution >= 0.6 is 0 Å². The molecule has 28 heavy (non-hydrogen) atoms. The van der Waals surface area contributed by atoms with E-state index < -0.39 is 10.9 Å². The SMILES string of the molecule is Cc1cc(CNC(=O)Cn2cnc([N+](=O)[O-])n2)ccc1Oc1ccc(F)cc1. The highest BCUT2D eigenvalue weighted by Crippen LogP contribution is 2.25. The van der Waals surface area contributed by atoms with Crippen LogP contribution in [0, 0.1) is 22.9 Å². The van der Waals surface area contributed by atoms with Crippen LogP contribution in [0.4, 0.5) is 10.3 Å². The molecule has 0 saturated carbocycles. The lowest BCUT2D eigenvalue weighted by Gasteiger charge is -2.11. The summed E-state index contributed by atoms with van der Waals surface area (Å²) in [6.45, 7) is 1.96. The standard InChI is InChI=1S/C18H16FN5O4/c1-12-8-13(2-7-16(12)28-15-5-3-14(19)4-6-15)9-20-17(25)10-23-11-21-18(22-23)24(26)27/h2-8,11H,9-10H2,1H3,(H,20,25). The second-order valence-corrected chi connectivity index (χ2v) is 5.93. The van der Waals surface area contributed by atoms with Crippen molar-refractivity contribution in [2.75, 3.05) is 0 Å². The number of benzene rings is 2. The number of hydrogen-bond donors (Lipinski definition) is 1. The molecule has 0 aliphatic rings. The lowest BCUT2D eigenvalue weighted by atomic mass is 10.1. The lowest BCUT2D eigenvalue weighted by Crippen LogP contribution is -2.27. The van der Waals surface area contributed by atoms with Crippen molar-refractivity contribution >= 4 is 11.9 Å². The van der Waals surface area contributed by atoms with Gasteiger partial charge in [0.25, 0.3) is 0 Å². The van der Waals surface area contributed by atoms with Crippen LogP contribution in [0.25, 0.3) is 0 Å². The number of rotatable bonds is 7. The minimum Gasteiger partial charge on any atom is -0.457 e. The first kappa shape index (κ1) is 19.0. The molecule has 144 valence electrons. The normalized spacial score (nSPS) is 10.5. The molecule has 0 fully saturated rings. The third-order valence-electron chi connectivity index (χ3n) is 3.76. The van der Waals surface area contributed by atoms with Crippen molar-refractivity contribution in [3.05, 3.63) is 75.9 Å². The molecule has 0 bridgehead atoms. The molecule has 0 atom stereocenters. The molecular weight excluding hydrogens is 369 g/mol. The summed E-state index contributed by atoms with van der Waals surface area (Å²) < 4.78 is 19.8. The van der Waals surface area contributed by atoms with Crippen molar-refractivity contribution in [1.82, 2.24) is 20.1 Å². The van der Waals surface area contributed by atoms with Gasteiger partial charge in [0.05, 0.1) is 0 Å². The molecule has 0 aliphatic heterocycles. The van der Waals surface area contributed by atoms with Crippen LogP contribution in [0.5, 0.6) is 11.5 Å². The molecule has 0 aliphatic carbocycles. The number of aromatic nitrogens is 3. The number of nitrogens with zero attached hydrogens (tertiary/aromatic N) is 4. The van der Waals surface area contributed by atoms with Gasteiger partial charge in [-0.15, -0.1) is 0 Å². The maximum atomic E-state index is 13.0. The monoisotopic (exact) mass is 385 g/mol. The van der Waals surface area contributed by atoms with Crippen LogP contribution in [0.15, 0.2) is 48.8 Å². The van der Waals surface area contributed by atoms with Gasteiger partial charge in [-0.25, -0.2) is 4.39 Å². The predicted octanol–water partition coefficient (Wildman–Crippen LogP) is 2.74. The molecule has 9 nitrogen and oxygen atoms in total. The molecule has 1 heterocycles. The summed E-state index contributed by atoms with van der Waals surface area (Å²) in [5.41, 5.74) is 1.70. The molecule has 1 aromatic heterocycles. The second-order valence-electron chi connectivity index (χ2n) is 5.93. The highest BCUT2D eigenvalue weighted by molar-refractivity contribution is 5.75. The van der Waals surface area contributed by atoms with E-state index >= 15 is 0 Å². The minimum atomic E-state index is -0.729. The van der Waals surface area contributed by atoms with Gasteiger partial charge in [-0.1, -0.05) is 17.1 Å². The largest absolute Gasteiger partial charge is 0.490 e. The highest BCUT2D eigenvalue weighted by atomic mass is 19.1. The Morgan fingerprint density at radius 3 is 2.68 bits per heavy atom. The first-order valence-corrected chi connectivity index (χ1v) is 8.24. The molecule has 0 radical (unpaired) electrons. The topological polar surface area (TPSA) is 112 Å². The number of nitrogens with one attached hydrogen (secondary N) is 1. The average Bonchev–Trinajstić information content (AvgIpc) is 3.12. The Bertz CT molecular complexity index is 1000. The molecule has 2 aromatic carbocycles. The van der Waals surface area contributed by atoms with Crippen LogP contribution in [0.1, 0.15) is 11.1 Å². The number of carbonyl (C=O) groups excluding carboxylic acids is 1. The second kappa shape index (κ2) is 8.25. The third-order valence-corrected chi connectivity index (χ3v) is 3.76. The van der Waals surface area contributed by atoms with E-state index in [0.29, 0.717) is 11.5 Å². The Morgan fingerprint density at radius 1 is 1.29 bits per heavy atom. The van der Waals surface area contributed by atoms with Gasteiger partial charge in [0, 0.05) is 11.6 Å². The van der Waals surface area contributed by atoms with Crippen LogP contribution in [-0.2, 0) is 17.9 Å². The summed E-state index contributed by atoms with van der Waals surface area (Å²) in [4.78, 5) is 25.3. The molecule has 0 spiro atoms. The predicted molar refractivity (Wildman–Crippen MR) is 96.2 cm³/mol. The summed E-state index contributed by atoms with van der Waals surface area (Å²) in [5.74, 6) is -0.107. The summed E-state index contributed by atoms with van der Waals surface area (Å²) in [6, 6.07) is 11.1. The average molecular weight is 385 g/mol. The number of amides is 1.